The van der Waals surface area contributed by atoms with E-state index in [0.717, 1.165) is 16.3 Å². The van der Waals surface area contributed by atoms with Crippen molar-refractivity contribution in [1.29, 1.82) is 0 Å². The van der Waals surface area contributed by atoms with E-state index in [1.807, 2.05) is 36.4 Å². The van der Waals surface area contributed by atoms with Gasteiger partial charge in [-0.25, -0.2) is 0 Å². The molecule has 1 N–H and O–H groups in total. The maximum atomic E-state index is 11.1. The van der Waals surface area contributed by atoms with Gasteiger partial charge in [0.1, 0.15) is 5.65 Å². The molecule has 72 valence electrons. The zero-order valence-corrected chi connectivity index (χ0v) is 7.90. The van der Waals surface area contributed by atoms with E-state index in [0.29, 0.717) is 5.65 Å². The summed E-state index contributed by atoms with van der Waals surface area (Å²) in [6.45, 7) is 0. The molecule has 0 saturated carbocycles. The number of nitrogens with one attached hydrogen (secondary N) is 1. The second-order valence-electron chi connectivity index (χ2n) is 3.41. The van der Waals surface area contributed by atoms with Gasteiger partial charge in [0, 0.05) is 22.4 Å². The van der Waals surface area contributed by atoms with Crippen molar-refractivity contribution in [2.75, 3.05) is 0 Å². The van der Waals surface area contributed by atoms with Crippen LogP contribution in [-0.2, 0) is 0 Å². The third kappa shape index (κ3) is 1.21. The van der Waals surface area contributed by atoms with E-state index in [2.05, 4.69) is 9.97 Å². The summed E-state index contributed by atoms with van der Waals surface area (Å²) < 4.78 is 0. The van der Waals surface area contributed by atoms with Crippen LogP contribution in [0.15, 0.2) is 47.3 Å². The van der Waals surface area contributed by atoms with Crippen LogP contribution >= 0.6 is 0 Å². The molecule has 3 nitrogen and oxygen atoms in total. The van der Waals surface area contributed by atoms with Gasteiger partial charge in [0.15, 0.2) is 0 Å². The number of rotatable bonds is 0. The van der Waals surface area contributed by atoms with Crippen LogP contribution in [0.1, 0.15) is 0 Å². The van der Waals surface area contributed by atoms with Gasteiger partial charge in [0.2, 0.25) is 0 Å². The number of fused-ring (bicyclic) bond motifs is 3. The lowest BCUT2D eigenvalue weighted by atomic mass is 10.2. The standard InChI is InChI=1S/C12H8N2O/c15-11-7-6-9-8-4-2-1-3-5-10(8)13-12(9)14-11/h1-7H,(H,13,14,15). The van der Waals surface area contributed by atoms with Crippen molar-refractivity contribution in [3.05, 3.63) is 52.8 Å². The van der Waals surface area contributed by atoms with Crippen molar-refractivity contribution >= 4 is 21.9 Å². The van der Waals surface area contributed by atoms with Gasteiger partial charge >= 0.3 is 0 Å². The fourth-order valence-electron chi connectivity index (χ4n) is 1.77. The van der Waals surface area contributed by atoms with E-state index in [1.165, 1.54) is 6.07 Å². The fraction of sp³-hybridized carbons (Fsp3) is 0. The van der Waals surface area contributed by atoms with E-state index >= 15 is 0 Å². The molecular formula is C12H8N2O. The molecule has 15 heavy (non-hydrogen) atoms. The molecular weight excluding hydrogens is 188 g/mol. The fourth-order valence-corrected chi connectivity index (χ4v) is 1.77. The maximum Gasteiger partial charge on any atom is 0.271 e. The summed E-state index contributed by atoms with van der Waals surface area (Å²) in [4.78, 5) is 18.1. The second-order valence-corrected chi connectivity index (χ2v) is 3.41. The van der Waals surface area contributed by atoms with Gasteiger partial charge in [-0.15, -0.1) is 0 Å². The molecule has 2 aromatic heterocycles. The molecule has 0 bridgehead atoms. The third-order valence-electron chi connectivity index (χ3n) is 2.45. The van der Waals surface area contributed by atoms with Gasteiger partial charge in [-0.3, -0.25) is 4.79 Å². The molecule has 0 spiro atoms. The van der Waals surface area contributed by atoms with Gasteiger partial charge in [0.25, 0.3) is 5.56 Å². The Hall–Kier alpha value is -2.16. The molecule has 1 aromatic carbocycles. The van der Waals surface area contributed by atoms with E-state index in [9.17, 15) is 4.79 Å². The number of H-pyrrole nitrogens is 1. The van der Waals surface area contributed by atoms with Gasteiger partial charge in [0.05, 0.1) is 0 Å². The monoisotopic (exact) mass is 196 g/mol. The predicted molar refractivity (Wildman–Crippen MR) is 59.9 cm³/mol. The summed E-state index contributed by atoms with van der Waals surface area (Å²) in [6, 6.07) is 13.2. The van der Waals surface area contributed by atoms with E-state index in [-0.39, 0.29) is 5.56 Å². The topological polar surface area (TPSA) is 45.8 Å². The van der Waals surface area contributed by atoms with Crippen LogP contribution in [0.4, 0.5) is 0 Å². The number of aromatic amines is 1. The highest BCUT2D eigenvalue weighted by molar-refractivity contribution is 6.05. The molecule has 0 aliphatic rings. The Morgan fingerprint density at radius 2 is 1.80 bits per heavy atom. The zero-order chi connectivity index (χ0) is 10.3. The summed E-state index contributed by atoms with van der Waals surface area (Å²) in [5.74, 6) is 0. The van der Waals surface area contributed by atoms with Crippen LogP contribution in [0.3, 0.4) is 0 Å². The summed E-state index contributed by atoms with van der Waals surface area (Å²) >= 11 is 0. The van der Waals surface area contributed by atoms with Crippen LogP contribution in [0.5, 0.6) is 0 Å². The van der Waals surface area contributed by atoms with Crippen molar-refractivity contribution in [3.8, 4) is 0 Å². The van der Waals surface area contributed by atoms with Crippen LogP contribution in [0.2, 0.25) is 0 Å². The highest BCUT2D eigenvalue weighted by Gasteiger charge is 2.02. The first-order valence-corrected chi connectivity index (χ1v) is 4.72. The van der Waals surface area contributed by atoms with E-state index < -0.39 is 0 Å². The molecule has 0 aliphatic carbocycles. The lowest BCUT2D eigenvalue weighted by Crippen LogP contribution is -2.01. The van der Waals surface area contributed by atoms with Gasteiger partial charge in [-0.2, -0.15) is 4.98 Å². The van der Waals surface area contributed by atoms with Gasteiger partial charge in [-0.1, -0.05) is 24.3 Å². The Morgan fingerprint density at radius 1 is 0.933 bits per heavy atom. The van der Waals surface area contributed by atoms with Crippen LogP contribution < -0.4 is 5.56 Å². The molecule has 0 saturated heterocycles. The minimum Gasteiger partial charge on any atom is -0.339 e. The van der Waals surface area contributed by atoms with Crippen molar-refractivity contribution < 1.29 is 0 Å². The smallest absolute Gasteiger partial charge is 0.271 e. The molecule has 0 amide bonds. The largest absolute Gasteiger partial charge is 0.339 e. The molecule has 3 aromatic rings. The summed E-state index contributed by atoms with van der Waals surface area (Å²) in [5.41, 5.74) is 1.44. The van der Waals surface area contributed by atoms with Crippen molar-refractivity contribution in [2.24, 2.45) is 0 Å². The van der Waals surface area contributed by atoms with Gasteiger partial charge < -0.3 is 4.98 Å². The summed E-state index contributed by atoms with van der Waals surface area (Å²) in [5, 5.41) is 2.07. The number of aromatic nitrogens is 2. The first-order valence-electron chi connectivity index (χ1n) is 4.72. The molecule has 0 unspecified atom stereocenters. The molecule has 0 radical (unpaired) electrons. The highest BCUT2D eigenvalue weighted by atomic mass is 16.1. The highest BCUT2D eigenvalue weighted by Crippen LogP contribution is 2.21. The zero-order valence-electron chi connectivity index (χ0n) is 7.90. The average molecular weight is 196 g/mol. The number of hydrogen-bond acceptors (Lipinski definition) is 2. The molecule has 0 atom stereocenters. The Labute approximate surface area is 85.4 Å². The van der Waals surface area contributed by atoms with Gasteiger partial charge in [-0.05, 0) is 12.1 Å². The lowest BCUT2D eigenvalue weighted by molar-refractivity contribution is 1.27. The SMILES string of the molecule is O=c1ccc2c(n1)[nH]c1cccccc12. The Balaban J connectivity index is 2.61. The molecule has 3 heteroatoms. The third-order valence-corrected chi connectivity index (χ3v) is 2.45. The minimum atomic E-state index is -0.210. The minimum absolute atomic E-state index is 0.210. The second kappa shape index (κ2) is 2.92. The summed E-state index contributed by atoms with van der Waals surface area (Å²) in [7, 11) is 0. The predicted octanol–water partition coefficient (Wildman–Crippen LogP) is 2.08. The number of hydrogen-bond donors (Lipinski definition) is 1. The molecule has 0 aliphatic heterocycles. The van der Waals surface area contributed by atoms with Crippen LogP contribution in [0, 0.1) is 0 Å². The maximum absolute atomic E-state index is 11.1. The van der Waals surface area contributed by atoms with E-state index in [4.69, 9.17) is 0 Å². The van der Waals surface area contributed by atoms with E-state index in [1.54, 1.807) is 0 Å². The Kier molecular flexibility index (Phi) is 1.59. The molecule has 0 fully saturated rings. The first kappa shape index (κ1) is 8.17. The molecule has 2 heterocycles. The van der Waals surface area contributed by atoms with Crippen molar-refractivity contribution in [1.82, 2.24) is 9.97 Å². The quantitative estimate of drug-likeness (QED) is 0.598. The lowest BCUT2D eigenvalue weighted by Gasteiger charge is -1.84. The number of pyridine rings is 1. The van der Waals surface area contributed by atoms with Crippen LogP contribution in [-0.4, -0.2) is 9.97 Å². The Morgan fingerprint density at radius 3 is 2.73 bits per heavy atom. The Bertz CT molecular complexity index is 700. The average Bonchev–Trinajstić information content (AvgIpc) is 2.42. The van der Waals surface area contributed by atoms with Crippen molar-refractivity contribution in [2.45, 2.75) is 0 Å². The first-order chi connectivity index (χ1) is 7.34. The summed E-state index contributed by atoms with van der Waals surface area (Å²) in [6.07, 6.45) is 0. The molecule has 3 rings (SSSR count). The normalized spacial score (nSPS) is 10.9. The van der Waals surface area contributed by atoms with Crippen LogP contribution in [0.25, 0.3) is 21.9 Å². The number of nitrogens with zero attached hydrogens (tertiary/aromatic N) is 1. The van der Waals surface area contributed by atoms with Crippen molar-refractivity contribution in [3.63, 3.8) is 0 Å².